The first-order valence-electron chi connectivity index (χ1n) is 9.01. The van der Waals surface area contributed by atoms with Gasteiger partial charge in [0.25, 0.3) is 0 Å². The van der Waals surface area contributed by atoms with Crippen LogP contribution in [-0.4, -0.2) is 54.5 Å². The monoisotopic (exact) mass is 329 g/mol. The SMILES string of the molecule is CCCN1CCC2(CCN(C(=O)NCCc3ccccc3)C2)C1=O. The molecule has 1 unspecified atom stereocenters. The van der Waals surface area contributed by atoms with Gasteiger partial charge < -0.3 is 15.1 Å². The van der Waals surface area contributed by atoms with Gasteiger partial charge in [0, 0.05) is 32.7 Å². The molecule has 2 saturated heterocycles. The van der Waals surface area contributed by atoms with Crippen molar-refractivity contribution < 1.29 is 9.59 Å². The molecule has 0 aliphatic carbocycles. The summed E-state index contributed by atoms with van der Waals surface area (Å²) >= 11 is 0. The number of rotatable bonds is 5. The summed E-state index contributed by atoms with van der Waals surface area (Å²) in [6.45, 7) is 5.66. The quantitative estimate of drug-likeness (QED) is 0.901. The fourth-order valence-corrected chi connectivity index (χ4v) is 3.87. The highest BCUT2D eigenvalue weighted by Crippen LogP contribution is 2.40. The molecular weight excluding hydrogens is 302 g/mol. The highest BCUT2D eigenvalue weighted by Gasteiger charge is 2.51. The predicted molar refractivity (Wildman–Crippen MR) is 93.7 cm³/mol. The van der Waals surface area contributed by atoms with Crippen molar-refractivity contribution in [2.24, 2.45) is 5.41 Å². The van der Waals surface area contributed by atoms with Crippen molar-refractivity contribution in [3.05, 3.63) is 35.9 Å². The zero-order valence-corrected chi connectivity index (χ0v) is 14.5. The number of hydrogen-bond acceptors (Lipinski definition) is 2. The molecule has 5 heteroatoms. The second kappa shape index (κ2) is 7.24. The third kappa shape index (κ3) is 3.40. The number of carbonyl (C=O) groups excluding carboxylic acids is 2. The first-order valence-corrected chi connectivity index (χ1v) is 9.01. The highest BCUT2D eigenvalue weighted by atomic mass is 16.2. The Morgan fingerprint density at radius 2 is 1.96 bits per heavy atom. The third-order valence-electron chi connectivity index (χ3n) is 5.27. The fraction of sp³-hybridized carbons (Fsp3) is 0.579. The first kappa shape index (κ1) is 16.8. The number of carbonyl (C=O) groups is 2. The first-order chi connectivity index (χ1) is 11.6. The van der Waals surface area contributed by atoms with E-state index in [0.29, 0.717) is 19.6 Å². The lowest BCUT2D eigenvalue weighted by molar-refractivity contribution is -0.135. The van der Waals surface area contributed by atoms with Crippen molar-refractivity contribution in [1.29, 1.82) is 0 Å². The summed E-state index contributed by atoms with van der Waals surface area (Å²) in [5.74, 6) is 0.254. The molecule has 2 fully saturated rings. The number of nitrogens with zero attached hydrogens (tertiary/aromatic N) is 2. The Hall–Kier alpha value is -2.04. The molecule has 130 valence electrons. The summed E-state index contributed by atoms with van der Waals surface area (Å²) in [5, 5.41) is 2.99. The number of amides is 3. The van der Waals surface area contributed by atoms with Gasteiger partial charge in [0.15, 0.2) is 0 Å². The lowest BCUT2D eigenvalue weighted by Gasteiger charge is -2.23. The zero-order chi connectivity index (χ0) is 17.0. The molecule has 2 aliphatic heterocycles. The average Bonchev–Trinajstić information content (AvgIpc) is 3.16. The Morgan fingerprint density at radius 1 is 1.21 bits per heavy atom. The van der Waals surface area contributed by atoms with E-state index in [9.17, 15) is 9.59 Å². The van der Waals surface area contributed by atoms with Gasteiger partial charge in [-0.1, -0.05) is 37.3 Å². The second-order valence-corrected chi connectivity index (χ2v) is 6.96. The Kier molecular flexibility index (Phi) is 5.07. The minimum absolute atomic E-state index is 0.0375. The topological polar surface area (TPSA) is 52.6 Å². The van der Waals surface area contributed by atoms with E-state index in [2.05, 4.69) is 24.4 Å². The van der Waals surface area contributed by atoms with Crippen LogP contribution in [0.4, 0.5) is 4.79 Å². The largest absolute Gasteiger partial charge is 0.342 e. The van der Waals surface area contributed by atoms with Crippen molar-refractivity contribution >= 4 is 11.9 Å². The van der Waals surface area contributed by atoms with Crippen molar-refractivity contribution in [1.82, 2.24) is 15.1 Å². The molecule has 2 aliphatic rings. The Labute approximate surface area is 144 Å². The van der Waals surface area contributed by atoms with E-state index in [1.807, 2.05) is 28.0 Å². The third-order valence-corrected chi connectivity index (χ3v) is 5.27. The number of urea groups is 1. The maximum absolute atomic E-state index is 12.7. The van der Waals surface area contributed by atoms with Crippen LogP contribution in [0.25, 0.3) is 0 Å². The van der Waals surface area contributed by atoms with Gasteiger partial charge in [-0.2, -0.15) is 0 Å². The Morgan fingerprint density at radius 3 is 2.71 bits per heavy atom. The van der Waals surface area contributed by atoms with Crippen LogP contribution in [-0.2, 0) is 11.2 Å². The summed E-state index contributed by atoms with van der Waals surface area (Å²) in [5.41, 5.74) is 0.906. The molecule has 1 aromatic carbocycles. The number of hydrogen-bond donors (Lipinski definition) is 1. The molecule has 2 heterocycles. The molecule has 24 heavy (non-hydrogen) atoms. The molecular formula is C19H27N3O2. The molecule has 1 aromatic rings. The molecule has 3 amide bonds. The maximum atomic E-state index is 12.7. The summed E-state index contributed by atoms with van der Waals surface area (Å²) in [4.78, 5) is 28.8. The van der Waals surface area contributed by atoms with Crippen LogP contribution in [0.1, 0.15) is 31.7 Å². The van der Waals surface area contributed by atoms with Crippen molar-refractivity contribution in [3.63, 3.8) is 0 Å². The van der Waals surface area contributed by atoms with Gasteiger partial charge >= 0.3 is 6.03 Å². The molecule has 1 N–H and O–H groups in total. The van der Waals surface area contributed by atoms with Gasteiger partial charge in [0.05, 0.1) is 5.41 Å². The lowest BCUT2D eigenvalue weighted by Crippen LogP contribution is -2.42. The van der Waals surface area contributed by atoms with Crippen LogP contribution in [0.2, 0.25) is 0 Å². The van der Waals surface area contributed by atoms with E-state index in [0.717, 1.165) is 38.8 Å². The summed E-state index contributed by atoms with van der Waals surface area (Å²) in [6, 6.07) is 10.1. The van der Waals surface area contributed by atoms with E-state index in [1.165, 1.54) is 5.56 Å². The van der Waals surface area contributed by atoms with Gasteiger partial charge in [0.1, 0.15) is 0 Å². The zero-order valence-electron chi connectivity index (χ0n) is 14.5. The molecule has 1 atom stereocenters. The average molecular weight is 329 g/mol. The lowest BCUT2D eigenvalue weighted by atomic mass is 9.85. The van der Waals surface area contributed by atoms with E-state index in [4.69, 9.17) is 0 Å². The number of likely N-dealkylation sites (tertiary alicyclic amines) is 2. The van der Waals surface area contributed by atoms with Crippen molar-refractivity contribution in [3.8, 4) is 0 Å². The van der Waals surface area contributed by atoms with E-state index in [-0.39, 0.29) is 17.4 Å². The fourth-order valence-electron chi connectivity index (χ4n) is 3.87. The summed E-state index contributed by atoms with van der Waals surface area (Å²) in [7, 11) is 0. The minimum atomic E-state index is -0.314. The number of benzene rings is 1. The second-order valence-electron chi connectivity index (χ2n) is 6.96. The van der Waals surface area contributed by atoms with Crippen LogP contribution in [0, 0.1) is 5.41 Å². The Bertz CT molecular complexity index is 590. The molecule has 5 nitrogen and oxygen atoms in total. The molecule has 0 aromatic heterocycles. The molecule has 0 bridgehead atoms. The van der Waals surface area contributed by atoms with Crippen molar-refractivity contribution in [2.45, 2.75) is 32.6 Å². The predicted octanol–water partition coefficient (Wildman–Crippen LogP) is 2.27. The van der Waals surface area contributed by atoms with E-state index >= 15 is 0 Å². The van der Waals surface area contributed by atoms with Crippen LogP contribution in [0.15, 0.2) is 30.3 Å². The maximum Gasteiger partial charge on any atom is 0.317 e. The van der Waals surface area contributed by atoms with Gasteiger partial charge in [-0.25, -0.2) is 4.79 Å². The molecule has 0 radical (unpaired) electrons. The highest BCUT2D eigenvalue weighted by molar-refractivity contribution is 5.87. The van der Waals surface area contributed by atoms with Gasteiger partial charge in [0.2, 0.25) is 5.91 Å². The number of nitrogens with one attached hydrogen (secondary N) is 1. The van der Waals surface area contributed by atoms with Crippen LogP contribution in [0.3, 0.4) is 0 Å². The van der Waals surface area contributed by atoms with E-state index in [1.54, 1.807) is 0 Å². The normalized spacial score (nSPS) is 23.3. The minimum Gasteiger partial charge on any atom is -0.342 e. The Balaban J connectivity index is 1.48. The van der Waals surface area contributed by atoms with Gasteiger partial charge in [-0.05, 0) is 31.2 Å². The standard InChI is InChI=1S/C19H27N3O2/c1-2-12-21-13-9-19(17(21)23)10-14-22(15-19)18(24)20-11-8-16-6-4-3-5-7-16/h3-7H,2,8-15H2,1H3,(H,20,24). The van der Waals surface area contributed by atoms with Gasteiger partial charge in [-0.15, -0.1) is 0 Å². The summed E-state index contributed by atoms with van der Waals surface area (Å²) in [6.07, 6.45) is 3.51. The van der Waals surface area contributed by atoms with Crippen LogP contribution in [0.5, 0.6) is 0 Å². The molecule has 3 rings (SSSR count). The molecule has 0 saturated carbocycles. The van der Waals surface area contributed by atoms with Crippen LogP contribution < -0.4 is 5.32 Å². The summed E-state index contributed by atoms with van der Waals surface area (Å²) < 4.78 is 0. The van der Waals surface area contributed by atoms with Gasteiger partial charge in [-0.3, -0.25) is 4.79 Å². The van der Waals surface area contributed by atoms with E-state index < -0.39 is 0 Å². The van der Waals surface area contributed by atoms with Crippen molar-refractivity contribution in [2.75, 3.05) is 32.7 Å². The smallest absolute Gasteiger partial charge is 0.317 e. The van der Waals surface area contributed by atoms with Crippen LogP contribution >= 0.6 is 0 Å². The molecule has 1 spiro atoms.